The number of aromatic amines is 1. The summed E-state index contributed by atoms with van der Waals surface area (Å²) in [7, 11) is 0. The number of anilines is 1. The van der Waals surface area contributed by atoms with Gasteiger partial charge in [0.2, 0.25) is 5.95 Å². The summed E-state index contributed by atoms with van der Waals surface area (Å²) in [5.74, 6) is 0.982. The third kappa shape index (κ3) is 5.44. The number of hydrazone groups is 1. The SMILES string of the molecule is CCCc1cc(=O)[nH]c(N/N=C/c2ccccc2OCc2ccccc2Cl)n1. The average Bonchev–Trinajstić information content (AvgIpc) is 2.68. The van der Waals surface area contributed by atoms with Crippen molar-refractivity contribution in [2.24, 2.45) is 5.10 Å². The first kappa shape index (κ1) is 19.6. The van der Waals surface area contributed by atoms with E-state index in [1.807, 2.05) is 55.5 Å². The van der Waals surface area contributed by atoms with Crippen LogP contribution in [0.25, 0.3) is 0 Å². The fourth-order valence-corrected chi connectivity index (χ4v) is 2.79. The van der Waals surface area contributed by atoms with Gasteiger partial charge in [-0.2, -0.15) is 5.10 Å². The molecular weight excluding hydrogens is 376 g/mol. The summed E-state index contributed by atoms with van der Waals surface area (Å²) in [6.07, 6.45) is 3.27. The van der Waals surface area contributed by atoms with Crippen molar-refractivity contribution in [1.29, 1.82) is 0 Å². The Bertz CT molecular complexity index is 1020. The van der Waals surface area contributed by atoms with E-state index in [1.54, 1.807) is 6.21 Å². The van der Waals surface area contributed by atoms with Crippen LogP contribution in [-0.4, -0.2) is 16.2 Å². The fourth-order valence-electron chi connectivity index (χ4n) is 2.60. The summed E-state index contributed by atoms with van der Waals surface area (Å²) in [5.41, 5.74) is 4.98. The summed E-state index contributed by atoms with van der Waals surface area (Å²) < 4.78 is 5.90. The van der Waals surface area contributed by atoms with Crippen molar-refractivity contribution in [2.75, 3.05) is 5.43 Å². The summed E-state index contributed by atoms with van der Waals surface area (Å²) in [4.78, 5) is 18.7. The van der Waals surface area contributed by atoms with E-state index in [9.17, 15) is 4.79 Å². The van der Waals surface area contributed by atoms with Crippen molar-refractivity contribution in [2.45, 2.75) is 26.4 Å². The summed E-state index contributed by atoms with van der Waals surface area (Å²) >= 11 is 6.18. The Kier molecular flexibility index (Phi) is 6.81. The second-order valence-electron chi connectivity index (χ2n) is 6.12. The smallest absolute Gasteiger partial charge is 0.252 e. The van der Waals surface area contributed by atoms with E-state index in [0.717, 1.165) is 29.7 Å². The lowest BCUT2D eigenvalue weighted by Crippen LogP contribution is -2.12. The van der Waals surface area contributed by atoms with Crippen LogP contribution in [0, 0.1) is 0 Å². The van der Waals surface area contributed by atoms with Crippen LogP contribution in [0.5, 0.6) is 5.75 Å². The molecule has 0 fully saturated rings. The zero-order valence-corrected chi connectivity index (χ0v) is 16.2. The monoisotopic (exact) mass is 396 g/mol. The third-order valence-corrected chi connectivity index (χ3v) is 4.30. The Labute approximate surface area is 168 Å². The van der Waals surface area contributed by atoms with E-state index in [1.165, 1.54) is 6.07 Å². The normalized spacial score (nSPS) is 10.9. The highest BCUT2D eigenvalue weighted by Crippen LogP contribution is 2.21. The Morgan fingerprint density at radius 1 is 1.21 bits per heavy atom. The van der Waals surface area contributed by atoms with E-state index in [2.05, 4.69) is 20.5 Å². The zero-order valence-electron chi connectivity index (χ0n) is 15.5. The van der Waals surface area contributed by atoms with Gasteiger partial charge < -0.3 is 4.74 Å². The molecule has 1 aromatic heterocycles. The largest absolute Gasteiger partial charge is 0.488 e. The maximum absolute atomic E-state index is 11.7. The highest BCUT2D eigenvalue weighted by Gasteiger charge is 2.04. The van der Waals surface area contributed by atoms with Gasteiger partial charge in [0.1, 0.15) is 12.4 Å². The molecule has 0 radical (unpaired) electrons. The molecule has 3 aromatic rings. The number of nitrogens with zero attached hydrogens (tertiary/aromatic N) is 2. The Morgan fingerprint density at radius 2 is 2.00 bits per heavy atom. The molecule has 6 nitrogen and oxygen atoms in total. The van der Waals surface area contributed by atoms with Crippen molar-refractivity contribution in [1.82, 2.24) is 9.97 Å². The molecule has 0 aliphatic rings. The number of nitrogens with one attached hydrogen (secondary N) is 2. The molecule has 0 saturated heterocycles. The number of rotatable bonds is 8. The summed E-state index contributed by atoms with van der Waals surface area (Å²) in [6.45, 7) is 2.39. The van der Waals surface area contributed by atoms with Gasteiger partial charge in [-0.25, -0.2) is 10.4 Å². The van der Waals surface area contributed by atoms with E-state index in [-0.39, 0.29) is 5.56 Å². The summed E-state index contributed by atoms with van der Waals surface area (Å²) in [6, 6.07) is 16.6. The second-order valence-corrected chi connectivity index (χ2v) is 6.53. The number of ether oxygens (including phenoxy) is 1. The molecule has 2 aromatic carbocycles. The van der Waals surface area contributed by atoms with E-state index in [4.69, 9.17) is 16.3 Å². The van der Waals surface area contributed by atoms with Gasteiger partial charge in [-0.1, -0.05) is 55.3 Å². The molecule has 0 aliphatic heterocycles. The van der Waals surface area contributed by atoms with Gasteiger partial charge in [-0.05, 0) is 24.6 Å². The molecule has 0 saturated carbocycles. The number of H-pyrrole nitrogens is 1. The first-order valence-electron chi connectivity index (χ1n) is 9.00. The Balaban J connectivity index is 1.69. The number of aryl methyl sites for hydroxylation is 1. The minimum Gasteiger partial charge on any atom is -0.488 e. The molecule has 3 rings (SSSR count). The van der Waals surface area contributed by atoms with Gasteiger partial charge in [0.15, 0.2) is 0 Å². The lowest BCUT2D eigenvalue weighted by atomic mass is 10.2. The predicted molar refractivity (Wildman–Crippen MR) is 112 cm³/mol. The van der Waals surface area contributed by atoms with Crippen LogP contribution in [0.4, 0.5) is 5.95 Å². The second kappa shape index (κ2) is 9.71. The number of benzene rings is 2. The third-order valence-electron chi connectivity index (χ3n) is 3.93. The van der Waals surface area contributed by atoms with Crippen molar-refractivity contribution >= 4 is 23.8 Å². The molecule has 144 valence electrons. The molecule has 1 heterocycles. The first-order chi connectivity index (χ1) is 13.7. The number of halogens is 1. The first-order valence-corrected chi connectivity index (χ1v) is 9.38. The van der Waals surface area contributed by atoms with Gasteiger partial charge in [-0.3, -0.25) is 9.78 Å². The molecule has 2 N–H and O–H groups in total. The summed E-state index contributed by atoms with van der Waals surface area (Å²) in [5, 5.41) is 4.84. The standard InChI is InChI=1S/C21H21ClN4O2/c1-2-7-17-12-20(27)25-21(24-17)26-23-13-15-8-4-6-11-19(15)28-14-16-9-3-5-10-18(16)22/h3-6,8-13H,2,7,14H2,1H3,(H2,24,25,26,27)/b23-13+. The number of para-hydroxylation sites is 1. The predicted octanol–water partition coefficient (Wildman–Crippen LogP) is 4.40. The molecule has 0 unspecified atom stereocenters. The van der Waals surface area contributed by atoms with E-state index >= 15 is 0 Å². The van der Waals surface area contributed by atoms with Crippen molar-refractivity contribution in [3.63, 3.8) is 0 Å². The van der Waals surface area contributed by atoms with Gasteiger partial charge in [0.25, 0.3) is 5.56 Å². The molecule has 0 bridgehead atoms. The molecule has 0 amide bonds. The molecular formula is C21H21ClN4O2. The molecule has 0 spiro atoms. The minimum absolute atomic E-state index is 0.209. The van der Waals surface area contributed by atoms with E-state index < -0.39 is 0 Å². The highest BCUT2D eigenvalue weighted by molar-refractivity contribution is 6.31. The van der Waals surface area contributed by atoms with Crippen LogP contribution < -0.4 is 15.7 Å². The molecule has 7 heteroatoms. The Morgan fingerprint density at radius 3 is 2.82 bits per heavy atom. The van der Waals surface area contributed by atoms with Crippen molar-refractivity contribution < 1.29 is 4.74 Å². The topological polar surface area (TPSA) is 79.4 Å². The average molecular weight is 397 g/mol. The Hall–Kier alpha value is -3.12. The van der Waals surface area contributed by atoms with Gasteiger partial charge in [0, 0.05) is 27.9 Å². The van der Waals surface area contributed by atoms with Crippen molar-refractivity contribution in [3.8, 4) is 5.75 Å². The maximum Gasteiger partial charge on any atom is 0.252 e. The lowest BCUT2D eigenvalue weighted by Gasteiger charge is -2.10. The number of hydrogen-bond acceptors (Lipinski definition) is 5. The zero-order chi connectivity index (χ0) is 19.8. The van der Waals surface area contributed by atoms with Crippen LogP contribution in [0.3, 0.4) is 0 Å². The van der Waals surface area contributed by atoms with Crippen LogP contribution in [0.1, 0.15) is 30.2 Å². The number of aromatic nitrogens is 2. The highest BCUT2D eigenvalue weighted by atomic mass is 35.5. The lowest BCUT2D eigenvalue weighted by molar-refractivity contribution is 0.306. The van der Waals surface area contributed by atoms with Gasteiger partial charge in [-0.15, -0.1) is 0 Å². The van der Waals surface area contributed by atoms with Crippen LogP contribution in [-0.2, 0) is 13.0 Å². The molecule has 28 heavy (non-hydrogen) atoms. The maximum atomic E-state index is 11.7. The number of hydrogen-bond donors (Lipinski definition) is 2. The minimum atomic E-state index is -0.209. The van der Waals surface area contributed by atoms with Crippen molar-refractivity contribution in [3.05, 3.63) is 86.8 Å². The van der Waals surface area contributed by atoms with Gasteiger partial charge >= 0.3 is 0 Å². The quantitative estimate of drug-likeness (QED) is 0.437. The fraction of sp³-hybridized carbons (Fsp3) is 0.190. The van der Waals surface area contributed by atoms with Crippen LogP contribution >= 0.6 is 11.6 Å². The van der Waals surface area contributed by atoms with Gasteiger partial charge in [0.05, 0.1) is 6.21 Å². The van der Waals surface area contributed by atoms with E-state index in [0.29, 0.717) is 23.3 Å². The van der Waals surface area contributed by atoms with Crippen LogP contribution in [0.15, 0.2) is 64.5 Å². The van der Waals surface area contributed by atoms with Crippen LogP contribution in [0.2, 0.25) is 5.02 Å². The molecule has 0 atom stereocenters. The molecule has 0 aliphatic carbocycles.